The maximum Gasteiger partial charge on any atom is 1.00 e. The van der Waals surface area contributed by atoms with E-state index in [1.165, 1.54) is 23.3 Å². The van der Waals surface area contributed by atoms with Crippen LogP contribution in [0.3, 0.4) is 0 Å². The second-order valence-electron chi connectivity index (χ2n) is 16.1. The summed E-state index contributed by atoms with van der Waals surface area (Å²) in [5, 5.41) is 18.8. The number of carboxylic acids is 1. The van der Waals surface area contributed by atoms with Gasteiger partial charge in [0, 0.05) is 26.4 Å². The Balaban J connectivity index is 0.000000405. The summed E-state index contributed by atoms with van der Waals surface area (Å²) in [6.07, 6.45) is 20.4. The topological polar surface area (TPSA) is 214 Å². The van der Waals surface area contributed by atoms with Crippen LogP contribution in [0.5, 0.6) is 0 Å². The van der Waals surface area contributed by atoms with Crippen LogP contribution in [0.25, 0.3) is 0 Å². The van der Waals surface area contributed by atoms with Gasteiger partial charge in [-0.3, -0.25) is 0 Å². The van der Waals surface area contributed by atoms with Crippen LogP contribution in [0.4, 0.5) is 0 Å². The molecule has 13 nitrogen and oxygen atoms in total. The van der Waals surface area contributed by atoms with Crippen molar-refractivity contribution in [1.29, 1.82) is 0 Å². The molecular weight excluding hydrogens is 735 g/mol. The van der Waals surface area contributed by atoms with Gasteiger partial charge in [0.15, 0.2) is 0 Å². The van der Waals surface area contributed by atoms with E-state index in [4.69, 9.17) is 38.3 Å². The van der Waals surface area contributed by atoms with Crippen molar-refractivity contribution in [3.63, 3.8) is 0 Å². The van der Waals surface area contributed by atoms with E-state index < -0.39 is 18.0 Å². The monoisotopic (exact) mass is 798 g/mol. The number of allylic oxidation sites excluding steroid dienone is 8. The van der Waals surface area contributed by atoms with Gasteiger partial charge in [-0.25, -0.2) is 9.59 Å². The van der Waals surface area contributed by atoms with Crippen LogP contribution in [0.15, 0.2) is 71.9 Å². The molecule has 14 heteroatoms. The van der Waals surface area contributed by atoms with Crippen LogP contribution in [-0.4, -0.2) is 120 Å². The molecule has 0 radical (unpaired) electrons. The summed E-state index contributed by atoms with van der Waals surface area (Å²) in [6.45, 7) is 14.1. The van der Waals surface area contributed by atoms with Gasteiger partial charge in [-0.2, -0.15) is 0 Å². The number of methoxy groups -OCH3 is 2. The van der Waals surface area contributed by atoms with Gasteiger partial charge in [-0.05, 0) is 80.1 Å². The molecule has 6 fully saturated rings. The number of hydrogen-bond donors (Lipinski definition) is 2. The number of aliphatic carboxylic acids is 1. The molecule has 0 aromatic carbocycles. The summed E-state index contributed by atoms with van der Waals surface area (Å²) < 4.78 is 41.2. The smallest absolute Gasteiger partial charge is 0.870 e. The number of rotatable bonds is 14. The van der Waals surface area contributed by atoms with E-state index in [1.54, 1.807) is 44.6 Å². The van der Waals surface area contributed by atoms with Crippen LogP contribution in [0.1, 0.15) is 80.1 Å². The summed E-state index contributed by atoms with van der Waals surface area (Å²) in [7, 11) is 3.33. The number of aliphatic hydroxyl groups excluding tert-OH is 1. The second kappa shape index (κ2) is 20.8. The van der Waals surface area contributed by atoms with Crippen molar-refractivity contribution in [2.45, 2.75) is 139 Å². The minimum atomic E-state index is -1.00. The van der Waals surface area contributed by atoms with E-state index in [0.29, 0.717) is 13.0 Å². The van der Waals surface area contributed by atoms with E-state index in [9.17, 15) is 14.7 Å². The molecule has 5 N–H and O–H groups in total. The predicted octanol–water partition coefficient (Wildman–Crippen LogP) is 1.97. The number of carbonyl (C=O) groups is 2. The van der Waals surface area contributed by atoms with Crippen molar-refractivity contribution in [2.75, 3.05) is 27.4 Å². The van der Waals surface area contributed by atoms with Crippen LogP contribution in [-0.2, 0) is 42.7 Å². The molecule has 2 spiro atoms. The Labute approximate surface area is 354 Å². The Kier molecular flexibility index (Phi) is 18.6. The van der Waals surface area contributed by atoms with Crippen LogP contribution >= 0.6 is 0 Å². The summed E-state index contributed by atoms with van der Waals surface area (Å²) in [6, 6.07) is 0. The van der Waals surface area contributed by atoms with Gasteiger partial charge < -0.3 is 54.3 Å². The third-order valence-corrected chi connectivity index (χ3v) is 11.8. The molecule has 12 atom stereocenters. The zero-order valence-electron chi connectivity index (χ0n) is 34.6. The summed E-state index contributed by atoms with van der Waals surface area (Å²) in [5.74, 6) is -1.32. The first-order valence-corrected chi connectivity index (χ1v) is 18.9. The fourth-order valence-corrected chi connectivity index (χ4v) is 8.75. The van der Waals surface area contributed by atoms with Crippen LogP contribution in [0, 0.1) is 11.8 Å². The Morgan fingerprint density at radius 3 is 1.59 bits per heavy atom. The van der Waals surface area contributed by atoms with E-state index in [-0.39, 0.29) is 105 Å². The number of carboxylic acid groups (broad SMARTS) is 1. The van der Waals surface area contributed by atoms with Gasteiger partial charge in [-0.1, -0.05) is 59.8 Å². The SMILES string of the molecule is CO[C@@H]1[C@H](O)CC[C@]2(CO2)[C@H]1[C@]1(C)OC1CC=C(C)C.CO[C@@H]1[C@H](OC(=O)/C=C/C=C/C=C/C=C/C(=O)O)CC[C@]2(CO2)[C@H]1[C@]1(C)OC1CC=C(C)C.O.[Na+].[OH-]. The fourth-order valence-electron chi connectivity index (χ4n) is 8.75. The third kappa shape index (κ3) is 11.8. The van der Waals surface area contributed by atoms with Crippen molar-refractivity contribution in [3.8, 4) is 0 Å². The van der Waals surface area contributed by atoms with Crippen molar-refractivity contribution < 1.29 is 93.5 Å². The molecule has 4 saturated heterocycles. The largest absolute Gasteiger partial charge is 1.00 e. The number of esters is 1. The molecule has 0 amide bonds. The Hall–Kier alpha value is -1.98. The Morgan fingerprint density at radius 1 is 0.732 bits per heavy atom. The molecule has 4 aliphatic heterocycles. The number of ether oxygens (including phenoxy) is 7. The van der Waals surface area contributed by atoms with Gasteiger partial charge in [0.25, 0.3) is 0 Å². The molecule has 2 unspecified atom stereocenters. The first-order chi connectivity index (χ1) is 25.1. The van der Waals surface area contributed by atoms with Gasteiger partial charge >= 0.3 is 41.5 Å². The zero-order chi connectivity index (χ0) is 38.6. The van der Waals surface area contributed by atoms with E-state index in [1.807, 2.05) is 0 Å². The molecule has 56 heavy (non-hydrogen) atoms. The van der Waals surface area contributed by atoms with Crippen LogP contribution in [0.2, 0.25) is 0 Å². The van der Waals surface area contributed by atoms with Crippen molar-refractivity contribution in [3.05, 3.63) is 71.9 Å². The first kappa shape index (κ1) is 50.2. The fraction of sp³-hybridized carbons (Fsp3) is 0.667. The molecule has 2 saturated carbocycles. The molecule has 6 aliphatic rings. The average molecular weight is 799 g/mol. The minimum Gasteiger partial charge on any atom is -0.870 e. The molecule has 0 aromatic rings. The van der Waals surface area contributed by atoms with Crippen LogP contribution < -0.4 is 29.6 Å². The molecule has 0 bridgehead atoms. The van der Waals surface area contributed by atoms with E-state index >= 15 is 0 Å². The Morgan fingerprint density at radius 2 is 1.16 bits per heavy atom. The third-order valence-electron chi connectivity index (χ3n) is 11.8. The predicted molar refractivity (Wildman–Crippen MR) is 205 cm³/mol. The quantitative estimate of drug-likeness (QED) is 0.0645. The normalized spacial score (nSPS) is 38.9. The zero-order valence-corrected chi connectivity index (χ0v) is 36.6. The standard InChI is InChI=1S/C26H34O7.C16H26O4.Na.2H2O/c1-18(2)13-14-20-25(3,33-20)24-23(30-4)19(15-16-26(24)17-31-26)32-22(29)12-10-8-6-5-7-9-11-21(27)28;1-10(2)5-6-12-15(3,20-12)14-13(18-4)11(17)7-8-16(14)9-19-16;;;/h5-13,19-20,23-24H,14-17H2,1-4H3,(H,27,28);5,11-14,17H,6-9H2,1-4H3;;2*1H2/q;;+1;;/p-1/b7-5+,8-6+,11-9+,12-10+;;;;/t19-,20?,23-,24-,25-,26+;11-,12?,13-,14-,15-,16+;;;/m11.../s1. The number of epoxide rings is 4. The van der Waals surface area contributed by atoms with Gasteiger partial charge in [0.2, 0.25) is 0 Å². The Bertz CT molecular complexity index is 1500. The molecule has 2 aliphatic carbocycles. The van der Waals surface area contributed by atoms with Crippen molar-refractivity contribution in [1.82, 2.24) is 0 Å². The minimum absolute atomic E-state index is 0. The number of carbonyl (C=O) groups excluding carboxylic acids is 1. The maximum atomic E-state index is 12.4. The molecule has 4 heterocycles. The molecular formula is C42H63NaO13. The average Bonchev–Trinajstić information content (AvgIpc) is 3.98. The first-order valence-electron chi connectivity index (χ1n) is 18.9. The number of aliphatic hydroxyl groups is 1. The van der Waals surface area contributed by atoms with Crippen molar-refractivity contribution >= 4 is 11.9 Å². The number of hydrogen-bond acceptors (Lipinski definition) is 11. The molecule has 310 valence electrons. The summed E-state index contributed by atoms with van der Waals surface area (Å²) in [5.41, 5.74) is 1.61. The second-order valence-corrected chi connectivity index (χ2v) is 16.1. The summed E-state index contributed by atoms with van der Waals surface area (Å²) in [4.78, 5) is 22.8. The van der Waals surface area contributed by atoms with Gasteiger partial charge in [0.05, 0.1) is 55.1 Å². The molecule has 6 rings (SSSR count). The van der Waals surface area contributed by atoms with E-state index in [2.05, 4.69) is 53.7 Å². The van der Waals surface area contributed by atoms with Gasteiger partial charge in [-0.15, -0.1) is 0 Å². The maximum absolute atomic E-state index is 12.4. The summed E-state index contributed by atoms with van der Waals surface area (Å²) >= 11 is 0. The van der Waals surface area contributed by atoms with Gasteiger partial charge in [0.1, 0.15) is 29.0 Å². The van der Waals surface area contributed by atoms with Crippen molar-refractivity contribution in [2.24, 2.45) is 11.8 Å². The van der Waals surface area contributed by atoms with E-state index in [0.717, 1.165) is 44.8 Å². The molecule has 0 aromatic heterocycles.